The number of anilines is 2. The minimum absolute atomic E-state index is 0.0295. The Morgan fingerprint density at radius 1 is 0.831 bits per heavy atom. The molecule has 3 amide bonds. The summed E-state index contributed by atoms with van der Waals surface area (Å²) in [5.74, 6) is 2.60. The highest BCUT2D eigenvalue weighted by atomic mass is 32.1. The second-order valence-electron chi connectivity index (χ2n) is 15.6. The summed E-state index contributed by atoms with van der Waals surface area (Å²) in [5, 5.41) is 22.4. The molecule has 330 valence electrons. The molecule has 3 aliphatic heterocycles. The van der Waals surface area contributed by atoms with Gasteiger partial charge in [0, 0.05) is 19.1 Å². The van der Waals surface area contributed by atoms with Crippen LogP contribution in [0.5, 0.6) is 5.75 Å². The number of esters is 1. The summed E-state index contributed by atoms with van der Waals surface area (Å²) in [6.07, 6.45) is -1.77. The van der Waals surface area contributed by atoms with E-state index in [9.17, 15) is 15.0 Å². The van der Waals surface area contributed by atoms with Crippen molar-refractivity contribution in [2.45, 2.75) is 36.1 Å². The number of rotatable bonds is 12. The van der Waals surface area contributed by atoms with Crippen LogP contribution in [0.15, 0.2) is 127 Å². The highest BCUT2D eigenvalue weighted by Crippen LogP contribution is 2.66. The van der Waals surface area contributed by atoms with Crippen LogP contribution < -0.4 is 15.0 Å². The maximum absolute atomic E-state index is 16.3. The predicted molar refractivity (Wildman–Crippen MR) is 241 cm³/mol. The van der Waals surface area contributed by atoms with Crippen molar-refractivity contribution in [2.24, 2.45) is 5.92 Å². The number of hydrogen-bond donors (Lipinski definition) is 3. The minimum atomic E-state index is -2.07. The maximum atomic E-state index is 16.3. The van der Waals surface area contributed by atoms with Gasteiger partial charge >= 0.3 is 12.1 Å². The monoisotopic (exact) mass is 892 g/mol. The largest absolute Gasteiger partial charge is 0.491 e. The number of thiazole rings is 1. The van der Waals surface area contributed by atoms with E-state index in [2.05, 4.69) is 17.2 Å². The van der Waals surface area contributed by atoms with E-state index in [0.717, 1.165) is 15.2 Å². The number of hydrogen-bond acceptors (Lipinski definition) is 13. The quantitative estimate of drug-likeness (QED) is 0.0693. The molecule has 4 heterocycles. The maximum Gasteiger partial charge on any atom is 0.421 e. The number of amides is 3. The topological polar surface area (TPSA) is 177 Å². The van der Waals surface area contributed by atoms with Crippen LogP contribution in [0.1, 0.15) is 52.4 Å². The molecule has 2 fully saturated rings. The number of carbonyl (C=O) groups is 4. The summed E-state index contributed by atoms with van der Waals surface area (Å²) in [7, 11) is 1.46. The van der Waals surface area contributed by atoms with Gasteiger partial charge in [-0.25, -0.2) is 14.7 Å². The van der Waals surface area contributed by atoms with Gasteiger partial charge in [-0.3, -0.25) is 19.3 Å². The number of carbonyl (C=O) groups excluding carboxylic acids is 4. The molecule has 5 aromatic carbocycles. The number of aliphatic hydroxyl groups is 2. The average Bonchev–Trinajstić information content (AvgIpc) is 3.97. The fourth-order valence-electron chi connectivity index (χ4n) is 9.48. The number of methoxy groups -OCH3 is 1. The molecule has 14 nitrogen and oxygen atoms in total. The Morgan fingerprint density at radius 2 is 1.55 bits per heavy atom. The van der Waals surface area contributed by atoms with E-state index in [1.54, 1.807) is 42.5 Å². The first-order valence-electron chi connectivity index (χ1n) is 21.1. The zero-order valence-corrected chi connectivity index (χ0v) is 36.0. The second kappa shape index (κ2) is 18.7. The van der Waals surface area contributed by atoms with Gasteiger partial charge in [0.05, 0.1) is 53.7 Å². The van der Waals surface area contributed by atoms with Crippen LogP contribution in [0.2, 0.25) is 0 Å². The Labute approximate surface area is 378 Å². The predicted octanol–water partition coefficient (Wildman–Crippen LogP) is 6.49. The Balaban J connectivity index is 1.35. The minimum Gasteiger partial charge on any atom is -0.491 e. The lowest BCUT2D eigenvalue weighted by atomic mass is 9.65. The summed E-state index contributed by atoms with van der Waals surface area (Å²) in [4.78, 5) is 69.3. The van der Waals surface area contributed by atoms with E-state index in [0.29, 0.717) is 28.0 Å². The number of nitrogens with one attached hydrogen (secondary N) is 1. The van der Waals surface area contributed by atoms with E-state index in [1.807, 2.05) is 89.8 Å². The van der Waals surface area contributed by atoms with Crippen LogP contribution in [0, 0.1) is 17.8 Å². The Hall–Kier alpha value is -6.93. The number of aliphatic hydroxyl groups excluding tert-OH is 2. The van der Waals surface area contributed by atoms with E-state index in [4.69, 9.17) is 23.9 Å². The fraction of sp³-hybridized carbons (Fsp3) is 0.260. The van der Waals surface area contributed by atoms with Gasteiger partial charge in [-0.15, -0.1) is 0 Å². The highest BCUT2D eigenvalue weighted by Gasteiger charge is 2.76. The summed E-state index contributed by atoms with van der Waals surface area (Å²) in [6.45, 7) is -0.504. The first kappa shape index (κ1) is 43.3. The first-order valence-corrected chi connectivity index (χ1v) is 21.9. The molecule has 0 unspecified atom stereocenters. The van der Waals surface area contributed by atoms with Crippen LogP contribution in [-0.2, 0) is 34.0 Å². The van der Waals surface area contributed by atoms with Crippen molar-refractivity contribution in [3.63, 3.8) is 0 Å². The molecule has 2 saturated heterocycles. The van der Waals surface area contributed by atoms with Gasteiger partial charge in [-0.2, -0.15) is 0 Å². The average molecular weight is 893 g/mol. The summed E-state index contributed by atoms with van der Waals surface area (Å²) in [6, 6.07) is 34.6. The lowest BCUT2D eigenvalue weighted by Gasteiger charge is -2.46. The standard InChI is InChI=1S/C50H44N4O10S/c1-61-28-29-63-49(60)53-38-24-19-31(12-10-11-25-55)30-36(38)50(47(53)59)40(45(57)52-48-51-37-17-8-9-18-39(37)65-48)42-46(58)64-43(33-15-6-3-7-16-33)41(32-13-4-2-5-14-32)54(42)44(50)34-20-22-35(23-21-34)62-27-26-56/h2-9,13-24,30,40-44,55-56H,11,25-29H2,1H3,(H,51,52,57)/t40-,41-,42-,43+,44+,50-/m1/s1. The zero-order chi connectivity index (χ0) is 45.1. The molecule has 0 saturated carbocycles. The van der Waals surface area contributed by atoms with E-state index >= 15 is 14.4 Å². The molecule has 6 aromatic rings. The third-order valence-electron chi connectivity index (χ3n) is 12.0. The molecule has 15 heteroatoms. The molecule has 1 spiro atoms. The van der Waals surface area contributed by atoms with Gasteiger partial charge in [0.1, 0.15) is 36.5 Å². The first-order chi connectivity index (χ1) is 31.8. The molecule has 65 heavy (non-hydrogen) atoms. The number of imide groups is 1. The number of aromatic nitrogens is 1. The smallest absolute Gasteiger partial charge is 0.421 e. The lowest BCUT2D eigenvalue weighted by Crippen LogP contribution is -2.54. The molecule has 3 N–H and O–H groups in total. The summed E-state index contributed by atoms with van der Waals surface area (Å²) in [5.41, 5.74) is 1.32. The number of ether oxygens (including phenoxy) is 4. The van der Waals surface area contributed by atoms with E-state index < -0.39 is 59.4 Å². The second-order valence-corrected chi connectivity index (χ2v) is 16.7. The van der Waals surface area contributed by atoms with E-state index in [-0.39, 0.29) is 55.8 Å². The van der Waals surface area contributed by atoms with Gasteiger partial charge in [-0.1, -0.05) is 108 Å². The summed E-state index contributed by atoms with van der Waals surface area (Å²) < 4.78 is 24.0. The van der Waals surface area contributed by atoms with Gasteiger partial charge in [0.2, 0.25) is 11.8 Å². The Bertz CT molecular complexity index is 2760. The molecular formula is C50H44N4O10S. The normalized spacial score (nSPS) is 22.2. The van der Waals surface area contributed by atoms with Crippen LogP contribution >= 0.6 is 11.3 Å². The van der Waals surface area contributed by atoms with Crippen molar-refractivity contribution in [3.8, 4) is 17.6 Å². The highest BCUT2D eigenvalue weighted by molar-refractivity contribution is 7.22. The number of benzene rings is 5. The van der Waals surface area contributed by atoms with Crippen molar-refractivity contribution in [1.82, 2.24) is 9.88 Å². The number of cyclic esters (lactones) is 1. The molecule has 0 aliphatic carbocycles. The molecule has 0 radical (unpaired) electrons. The van der Waals surface area contributed by atoms with Crippen molar-refractivity contribution >= 4 is 56.2 Å². The third-order valence-corrected chi connectivity index (χ3v) is 12.9. The number of fused-ring (bicyclic) bond motifs is 4. The Kier molecular flexibility index (Phi) is 12.4. The van der Waals surface area contributed by atoms with Crippen LogP contribution in [-0.4, -0.2) is 90.2 Å². The molecule has 0 bridgehead atoms. The van der Waals surface area contributed by atoms with Crippen molar-refractivity contribution in [3.05, 3.63) is 155 Å². The molecule has 1 aromatic heterocycles. The van der Waals surface area contributed by atoms with Crippen LogP contribution in [0.3, 0.4) is 0 Å². The van der Waals surface area contributed by atoms with Gasteiger partial charge < -0.3 is 34.5 Å². The zero-order valence-electron chi connectivity index (χ0n) is 35.2. The van der Waals surface area contributed by atoms with E-state index in [1.165, 1.54) is 18.4 Å². The summed E-state index contributed by atoms with van der Waals surface area (Å²) >= 11 is 1.24. The van der Waals surface area contributed by atoms with Crippen molar-refractivity contribution in [1.29, 1.82) is 0 Å². The molecule has 9 rings (SSSR count). The lowest BCUT2D eigenvalue weighted by molar-refractivity contribution is -0.177. The molecular weight excluding hydrogens is 849 g/mol. The van der Waals surface area contributed by atoms with Crippen molar-refractivity contribution in [2.75, 3.05) is 50.4 Å². The molecule has 3 aliphatic rings. The SMILES string of the molecule is COCCOC(=O)N1C(=O)[C@@]2(c3cc(C#CCCO)ccc31)[C@H](c1ccc(OCCO)cc1)N1[C@H](c3ccccc3)[C@H](c3ccccc3)OC(=O)[C@H]1[C@@H]2C(=O)Nc1nc2ccccc2s1. The van der Waals surface area contributed by atoms with Gasteiger partial charge in [-0.05, 0) is 64.7 Å². The van der Waals surface area contributed by atoms with Gasteiger partial charge in [0.25, 0.3) is 0 Å². The fourth-order valence-corrected chi connectivity index (χ4v) is 10.3. The molecule has 6 atom stereocenters. The number of nitrogens with zero attached hydrogens (tertiary/aromatic N) is 3. The third kappa shape index (κ3) is 7.79. The Morgan fingerprint density at radius 3 is 2.26 bits per heavy atom. The number of morpholine rings is 1. The van der Waals surface area contributed by atoms with Gasteiger partial charge in [0.15, 0.2) is 5.13 Å². The van der Waals surface area contributed by atoms with Crippen molar-refractivity contribution < 1.29 is 48.3 Å². The van der Waals surface area contributed by atoms with Crippen LogP contribution in [0.4, 0.5) is 15.6 Å². The van der Waals surface area contributed by atoms with Crippen LogP contribution in [0.25, 0.3) is 10.2 Å². The number of para-hydroxylation sites is 1.